The van der Waals surface area contributed by atoms with Gasteiger partial charge in [0.1, 0.15) is 5.82 Å². The molecule has 0 amide bonds. The number of fused-ring (bicyclic) bond motifs is 1. The first kappa shape index (κ1) is 12.9. The number of nitrogens with two attached hydrogens (primary N) is 1. The van der Waals surface area contributed by atoms with E-state index in [9.17, 15) is 0 Å². The molecule has 0 aliphatic heterocycles. The number of nitrogen functional groups attached to an aromatic ring is 1. The lowest BCUT2D eigenvalue weighted by atomic mass is 10.2. The highest BCUT2D eigenvalue weighted by Gasteiger charge is 2.07. The van der Waals surface area contributed by atoms with Crippen LogP contribution < -0.4 is 5.73 Å². The van der Waals surface area contributed by atoms with Crippen LogP contribution in [0.4, 0.5) is 5.69 Å². The van der Waals surface area contributed by atoms with E-state index in [0.29, 0.717) is 0 Å². The smallest absolute Gasteiger partial charge is 0.106 e. The van der Waals surface area contributed by atoms with Crippen molar-refractivity contribution in [2.24, 2.45) is 0 Å². The number of benzene rings is 1. The van der Waals surface area contributed by atoms with Crippen LogP contribution in [-0.2, 0) is 6.54 Å². The van der Waals surface area contributed by atoms with Crippen molar-refractivity contribution in [3.05, 3.63) is 24.0 Å². The third kappa shape index (κ3) is 2.82. The average molecular weight is 246 g/mol. The topological polar surface area (TPSA) is 47.1 Å². The van der Waals surface area contributed by atoms with Gasteiger partial charge in [-0.05, 0) is 58.6 Å². The second-order valence-corrected chi connectivity index (χ2v) is 5.07. The first-order valence-corrected chi connectivity index (χ1v) is 6.45. The van der Waals surface area contributed by atoms with E-state index >= 15 is 0 Å². The molecule has 0 atom stereocenters. The molecule has 18 heavy (non-hydrogen) atoms. The van der Waals surface area contributed by atoms with E-state index in [0.717, 1.165) is 30.1 Å². The van der Waals surface area contributed by atoms with Crippen molar-refractivity contribution in [3.8, 4) is 0 Å². The third-order valence-electron chi connectivity index (χ3n) is 3.20. The Morgan fingerprint density at radius 2 is 2.06 bits per heavy atom. The van der Waals surface area contributed by atoms with Gasteiger partial charge in [0.15, 0.2) is 0 Å². The summed E-state index contributed by atoms with van der Waals surface area (Å²) in [7, 11) is 4.22. The summed E-state index contributed by atoms with van der Waals surface area (Å²) in [6.45, 7) is 4.22. The molecule has 2 rings (SSSR count). The Morgan fingerprint density at radius 3 is 2.78 bits per heavy atom. The predicted octanol–water partition coefficient (Wildman–Crippen LogP) is 2.27. The molecule has 0 aliphatic rings. The number of unbranched alkanes of at least 4 members (excludes halogenated alkanes) is 1. The van der Waals surface area contributed by atoms with Gasteiger partial charge >= 0.3 is 0 Å². The maximum atomic E-state index is 5.78. The van der Waals surface area contributed by atoms with Crippen molar-refractivity contribution in [2.75, 3.05) is 26.4 Å². The highest BCUT2D eigenvalue weighted by atomic mass is 15.1. The molecule has 0 radical (unpaired) electrons. The van der Waals surface area contributed by atoms with E-state index in [1.165, 1.54) is 18.4 Å². The molecule has 2 aromatic rings. The zero-order valence-electron chi connectivity index (χ0n) is 11.5. The van der Waals surface area contributed by atoms with Gasteiger partial charge in [-0.15, -0.1) is 0 Å². The molecule has 0 saturated carbocycles. The summed E-state index contributed by atoms with van der Waals surface area (Å²) in [6, 6.07) is 5.95. The van der Waals surface area contributed by atoms with Crippen LogP contribution in [0.2, 0.25) is 0 Å². The van der Waals surface area contributed by atoms with Gasteiger partial charge in [-0.1, -0.05) is 0 Å². The van der Waals surface area contributed by atoms with Crippen molar-refractivity contribution in [1.82, 2.24) is 14.5 Å². The highest BCUT2D eigenvalue weighted by molar-refractivity contribution is 5.79. The Kier molecular flexibility index (Phi) is 3.87. The minimum Gasteiger partial charge on any atom is -0.399 e. The van der Waals surface area contributed by atoms with E-state index in [4.69, 9.17) is 5.73 Å². The molecule has 0 spiro atoms. The van der Waals surface area contributed by atoms with Gasteiger partial charge in [0.2, 0.25) is 0 Å². The number of hydrogen-bond acceptors (Lipinski definition) is 3. The summed E-state index contributed by atoms with van der Waals surface area (Å²) < 4.78 is 2.28. The number of anilines is 1. The van der Waals surface area contributed by atoms with Crippen molar-refractivity contribution in [1.29, 1.82) is 0 Å². The summed E-state index contributed by atoms with van der Waals surface area (Å²) in [4.78, 5) is 6.78. The molecule has 2 N–H and O–H groups in total. The van der Waals surface area contributed by atoms with Crippen LogP contribution in [0.1, 0.15) is 18.7 Å². The monoisotopic (exact) mass is 246 g/mol. The molecule has 0 saturated heterocycles. The lowest BCUT2D eigenvalue weighted by Gasteiger charge is -2.10. The Bertz CT molecular complexity index is 528. The zero-order chi connectivity index (χ0) is 13.1. The molecule has 1 heterocycles. The van der Waals surface area contributed by atoms with Crippen LogP contribution in [-0.4, -0.2) is 35.1 Å². The molecule has 0 unspecified atom stereocenters. The van der Waals surface area contributed by atoms with Gasteiger partial charge in [-0.25, -0.2) is 4.98 Å². The van der Waals surface area contributed by atoms with E-state index in [-0.39, 0.29) is 0 Å². The molecular formula is C14H22N4. The van der Waals surface area contributed by atoms with Crippen LogP contribution >= 0.6 is 0 Å². The van der Waals surface area contributed by atoms with Gasteiger partial charge in [0.05, 0.1) is 11.0 Å². The number of hydrogen-bond donors (Lipinski definition) is 1. The second-order valence-electron chi connectivity index (χ2n) is 5.07. The molecule has 4 heteroatoms. The van der Waals surface area contributed by atoms with Crippen LogP contribution in [0.25, 0.3) is 11.0 Å². The number of rotatable bonds is 5. The number of aromatic nitrogens is 2. The second kappa shape index (κ2) is 5.40. The summed E-state index contributed by atoms with van der Waals surface area (Å²) in [6.07, 6.45) is 2.38. The summed E-state index contributed by atoms with van der Waals surface area (Å²) >= 11 is 0. The van der Waals surface area contributed by atoms with Crippen molar-refractivity contribution < 1.29 is 0 Å². The minimum atomic E-state index is 0.778. The maximum absolute atomic E-state index is 5.78. The average Bonchev–Trinajstić information content (AvgIpc) is 2.59. The normalized spacial score (nSPS) is 11.6. The van der Waals surface area contributed by atoms with Crippen molar-refractivity contribution in [3.63, 3.8) is 0 Å². The molecule has 0 bridgehead atoms. The van der Waals surface area contributed by atoms with Gasteiger partial charge in [0, 0.05) is 12.2 Å². The summed E-state index contributed by atoms with van der Waals surface area (Å²) in [5.41, 5.74) is 8.75. The first-order valence-electron chi connectivity index (χ1n) is 6.45. The van der Waals surface area contributed by atoms with Crippen molar-refractivity contribution >= 4 is 16.7 Å². The maximum Gasteiger partial charge on any atom is 0.106 e. The number of imidazole rings is 1. The largest absolute Gasteiger partial charge is 0.399 e. The summed E-state index contributed by atoms with van der Waals surface area (Å²) in [5, 5.41) is 0. The van der Waals surface area contributed by atoms with E-state index in [1.807, 2.05) is 12.1 Å². The predicted molar refractivity (Wildman–Crippen MR) is 76.7 cm³/mol. The van der Waals surface area contributed by atoms with Gasteiger partial charge in [0.25, 0.3) is 0 Å². The molecular weight excluding hydrogens is 224 g/mol. The number of aryl methyl sites for hydroxylation is 2. The fraction of sp³-hybridized carbons (Fsp3) is 0.500. The van der Waals surface area contributed by atoms with E-state index < -0.39 is 0 Å². The summed E-state index contributed by atoms with van der Waals surface area (Å²) in [5.74, 6) is 1.07. The van der Waals surface area contributed by atoms with Gasteiger partial charge in [-0.2, -0.15) is 0 Å². The third-order valence-corrected chi connectivity index (χ3v) is 3.20. The van der Waals surface area contributed by atoms with Gasteiger partial charge in [-0.3, -0.25) is 0 Å². The molecule has 98 valence electrons. The van der Waals surface area contributed by atoms with Crippen LogP contribution in [0.5, 0.6) is 0 Å². The lowest BCUT2D eigenvalue weighted by molar-refractivity contribution is 0.388. The van der Waals surface area contributed by atoms with Crippen LogP contribution in [0.3, 0.4) is 0 Å². The minimum absolute atomic E-state index is 0.778. The Balaban J connectivity index is 2.10. The Hall–Kier alpha value is -1.55. The quantitative estimate of drug-likeness (QED) is 0.650. The van der Waals surface area contributed by atoms with Gasteiger partial charge < -0.3 is 15.2 Å². The van der Waals surface area contributed by atoms with E-state index in [2.05, 4.69) is 41.5 Å². The first-order chi connectivity index (χ1) is 8.58. The molecule has 0 aliphatic carbocycles. The SMILES string of the molecule is Cc1nc2cc(N)ccc2n1CCCCN(C)C. The molecule has 4 nitrogen and oxygen atoms in total. The molecule has 1 aromatic carbocycles. The Morgan fingerprint density at radius 1 is 1.28 bits per heavy atom. The van der Waals surface area contributed by atoms with E-state index in [1.54, 1.807) is 0 Å². The standard InChI is InChI=1S/C14H22N4/c1-11-16-13-10-12(15)6-7-14(13)18(11)9-5-4-8-17(2)3/h6-7,10H,4-5,8-9,15H2,1-3H3. The molecule has 1 aromatic heterocycles. The van der Waals surface area contributed by atoms with Crippen LogP contribution in [0, 0.1) is 6.92 Å². The highest BCUT2D eigenvalue weighted by Crippen LogP contribution is 2.19. The Labute approximate surface area is 108 Å². The fourth-order valence-corrected chi connectivity index (χ4v) is 2.25. The zero-order valence-corrected chi connectivity index (χ0v) is 11.5. The lowest BCUT2D eigenvalue weighted by Crippen LogP contribution is -2.13. The van der Waals surface area contributed by atoms with Crippen molar-refractivity contribution in [2.45, 2.75) is 26.3 Å². The van der Waals surface area contributed by atoms with Crippen LogP contribution in [0.15, 0.2) is 18.2 Å². The number of nitrogens with zero attached hydrogens (tertiary/aromatic N) is 3. The fourth-order valence-electron chi connectivity index (χ4n) is 2.25. The molecule has 0 fully saturated rings.